The molecule has 110 valence electrons. The Kier molecular flexibility index (Phi) is 4.67. The van der Waals surface area contributed by atoms with Gasteiger partial charge in [0.05, 0.1) is 6.61 Å². The number of nitrogens with two attached hydrogens (primary N) is 1. The van der Waals surface area contributed by atoms with Crippen LogP contribution in [0.5, 0.6) is 5.75 Å². The molecule has 21 heavy (non-hydrogen) atoms. The number of rotatable bonds is 4. The van der Waals surface area contributed by atoms with Gasteiger partial charge in [-0.3, -0.25) is 0 Å². The largest absolute Gasteiger partial charge is 0.493 e. The Morgan fingerprint density at radius 2 is 2.00 bits per heavy atom. The number of benzene rings is 2. The molecule has 2 aromatic carbocycles. The summed E-state index contributed by atoms with van der Waals surface area (Å²) in [4.78, 5) is 0. The highest BCUT2D eigenvalue weighted by Crippen LogP contribution is 2.36. The minimum absolute atomic E-state index is 0.281. The van der Waals surface area contributed by atoms with Gasteiger partial charge in [-0.25, -0.2) is 0 Å². The van der Waals surface area contributed by atoms with Gasteiger partial charge in [-0.05, 0) is 47.9 Å². The van der Waals surface area contributed by atoms with E-state index in [9.17, 15) is 0 Å². The van der Waals surface area contributed by atoms with Gasteiger partial charge in [-0.15, -0.1) is 0 Å². The van der Waals surface area contributed by atoms with Crippen molar-refractivity contribution in [1.82, 2.24) is 0 Å². The highest BCUT2D eigenvalue weighted by molar-refractivity contribution is 9.10. The predicted octanol–water partition coefficient (Wildman–Crippen LogP) is 4.43. The third-order valence-corrected chi connectivity index (χ3v) is 5.10. The molecule has 2 aromatic rings. The molecule has 1 aliphatic heterocycles. The van der Waals surface area contributed by atoms with E-state index in [0.717, 1.165) is 34.1 Å². The van der Waals surface area contributed by atoms with Gasteiger partial charge in [0.2, 0.25) is 0 Å². The van der Waals surface area contributed by atoms with Crippen LogP contribution in [0.4, 0.5) is 0 Å². The van der Waals surface area contributed by atoms with Gasteiger partial charge >= 0.3 is 0 Å². The maximum absolute atomic E-state index is 6.03. The van der Waals surface area contributed by atoms with E-state index < -0.39 is 0 Å². The number of hydrogen-bond donors (Lipinski definition) is 1. The van der Waals surface area contributed by atoms with E-state index in [2.05, 4.69) is 62.2 Å². The van der Waals surface area contributed by atoms with Crippen LogP contribution >= 0.6 is 31.9 Å². The number of fused-ring (bicyclic) bond motifs is 1. The summed E-state index contributed by atoms with van der Waals surface area (Å²) in [6.45, 7) is 1.39. The van der Waals surface area contributed by atoms with Gasteiger partial charge in [0, 0.05) is 21.3 Å². The zero-order chi connectivity index (χ0) is 14.8. The van der Waals surface area contributed by atoms with Crippen molar-refractivity contribution in [1.29, 1.82) is 0 Å². The zero-order valence-corrected chi connectivity index (χ0v) is 14.8. The minimum Gasteiger partial charge on any atom is -0.493 e. The molecule has 0 spiro atoms. The van der Waals surface area contributed by atoms with Crippen molar-refractivity contribution < 1.29 is 4.74 Å². The molecule has 0 saturated carbocycles. The van der Waals surface area contributed by atoms with Crippen LogP contribution in [0.1, 0.15) is 22.6 Å². The Morgan fingerprint density at radius 3 is 2.76 bits per heavy atom. The molecule has 4 heteroatoms. The average Bonchev–Trinajstić information content (AvgIpc) is 2.93. The monoisotopic (exact) mass is 409 g/mol. The lowest BCUT2D eigenvalue weighted by Gasteiger charge is -2.19. The molecule has 1 atom stereocenters. The highest BCUT2D eigenvalue weighted by Gasteiger charge is 2.21. The highest BCUT2D eigenvalue weighted by atomic mass is 79.9. The molecule has 1 unspecified atom stereocenters. The fourth-order valence-electron chi connectivity index (χ4n) is 2.89. The summed E-state index contributed by atoms with van der Waals surface area (Å²) in [7, 11) is 0. The van der Waals surface area contributed by atoms with Crippen LogP contribution in [0.2, 0.25) is 0 Å². The molecular formula is C17H17Br2NO. The van der Waals surface area contributed by atoms with Crippen LogP contribution in [0.3, 0.4) is 0 Å². The average molecular weight is 411 g/mol. The standard InChI is InChI=1S/C17H17Br2NO/c18-14-8-11-5-6-21-17(11)12(9-14)7-13(10-20)15-3-1-2-4-16(15)19/h1-4,8-9,13H,5-7,10,20H2. The molecule has 1 heterocycles. The fourth-order valence-corrected chi connectivity index (χ4v) is 4.05. The third kappa shape index (κ3) is 3.17. The summed E-state index contributed by atoms with van der Waals surface area (Å²) in [5.41, 5.74) is 9.82. The Hall–Kier alpha value is -0.840. The van der Waals surface area contributed by atoms with Gasteiger partial charge in [0.15, 0.2) is 0 Å². The Bertz CT molecular complexity index is 657. The molecule has 0 aromatic heterocycles. The van der Waals surface area contributed by atoms with E-state index in [1.165, 1.54) is 16.7 Å². The van der Waals surface area contributed by atoms with Gasteiger partial charge in [0.1, 0.15) is 5.75 Å². The van der Waals surface area contributed by atoms with Gasteiger partial charge in [-0.1, -0.05) is 50.1 Å². The normalized spacial score (nSPS) is 14.6. The van der Waals surface area contributed by atoms with Gasteiger partial charge in [0.25, 0.3) is 0 Å². The maximum atomic E-state index is 6.03. The molecule has 0 amide bonds. The second-order valence-electron chi connectivity index (χ2n) is 5.31. The minimum atomic E-state index is 0.281. The lowest BCUT2D eigenvalue weighted by molar-refractivity contribution is 0.352. The van der Waals surface area contributed by atoms with Crippen molar-refractivity contribution >= 4 is 31.9 Å². The first-order chi connectivity index (χ1) is 10.2. The van der Waals surface area contributed by atoms with Crippen LogP contribution in [-0.2, 0) is 12.8 Å². The van der Waals surface area contributed by atoms with E-state index in [-0.39, 0.29) is 5.92 Å². The molecule has 0 radical (unpaired) electrons. The summed E-state index contributed by atoms with van der Waals surface area (Å²) >= 11 is 7.23. The molecule has 1 aliphatic rings. The molecule has 0 fully saturated rings. The van der Waals surface area contributed by atoms with Crippen LogP contribution in [0, 0.1) is 0 Å². The van der Waals surface area contributed by atoms with E-state index >= 15 is 0 Å². The Labute approximate surface area is 141 Å². The van der Waals surface area contributed by atoms with E-state index in [4.69, 9.17) is 10.5 Å². The summed E-state index contributed by atoms with van der Waals surface area (Å²) < 4.78 is 8.06. The molecule has 0 bridgehead atoms. The first kappa shape index (κ1) is 15.1. The van der Waals surface area contributed by atoms with E-state index in [1.54, 1.807) is 0 Å². The molecule has 2 nitrogen and oxygen atoms in total. The second kappa shape index (κ2) is 6.51. The SMILES string of the molecule is NCC(Cc1cc(Br)cc2c1OCC2)c1ccccc1Br. The summed E-state index contributed by atoms with van der Waals surface area (Å²) in [5, 5.41) is 0. The fraction of sp³-hybridized carbons (Fsp3) is 0.294. The van der Waals surface area contributed by atoms with Crippen LogP contribution in [0.15, 0.2) is 45.3 Å². The predicted molar refractivity (Wildman–Crippen MR) is 93.0 cm³/mol. The molecular weight excluding hydrogens is 394 g/mol. The molecule has 0 aliphatic carbocycles. The molecule has 0 saturated heterocycles. The quantitative estimate of drug-likeness (QED) is 0.808. The smallest absolute Gasteiger partial charge is 0.125 e. The van der Waals surface area contributed by atoms with Crippen molar-refractivity contribution in [2.24, 2.45) is 5.73 Å². The van der Waals surface area contributed by atoms with Crippen LogP contribution < -0.4 is 10.5 Å². The van der Waals surface area contributed by atoms with Crippen molar-refractivity contribution in [2.75, 3.05) is 13.2 Å². The third-order valence-electron chi connectivity index (χ3n) is 3.92. The first-order valence-electron chi connectivity index (χ1n) is 7.07. The maximum Gasteiger partial charge on any atom is 0.125 e. The first-order valence-corrected chi connectivity index (χ1v) is 8.66. The Balaban J connectivity index is 1.94. The Morgan fingerprint density at radius 1 is 1.19 bits per heavy atom. The van der Waals surface area contributed by atoms with Crippen molar-refractivity contribution in [2.45, 2.75) is 18.8 Å². The number of hydrogen-bond acceptors (Lipinski definition) is 2. The van der Waals surface area contributed by atoms with Crippen LogP contribution in [0.25, 0.3) is 0 Å². The molecule has 3 rings (SSSR count). The molecule has 2 N–H and O–H groups in total. The van der Waals surface area contributed by atoms with Gasteiger partial charge < -0.3 is 10.5 Å². The summed E-state index contributed by atoms with van der Waals surface area (Å²) in [6.07, 6.45) is 1.88. The van der Waals surface area contributed by atoms with E-state index in [1.807, 2.05) is 6.07 Å². The van der Waals surface area contributed by atoms with Crippen molar-refractivity contribution in [3.05, 3.63) is 62.0 Å². The van der Waals surface area contributed by atoms with Gasteiger partial charge in [-0.2, -0.15) is 0 Å². The summed E-state index contributed by atoms with van der Waals surface area (Å²) in [6, 6.07) is 12.6. The van der Waals surface area contributed by atoms with Crippen LogP contribution in [-0.4, -0.2) is 13.2 Å². The topological polar surface area (TPSA) is 35.2 Å². The number of ether oxygens (including phenoxy) is 1. The second-order valence-corrected chi connectivity index (χ2v) is 7.08. The lowest BCUT2D eigenvalue weighted by atomic mass is 9.91. The van der Waals surface area contributed by atoms with E-state index in [0.29, 0.717) is 6.54 Å². The van der Waals surface area contributed by atoms with Crippen molar-refractivity contribution in [3.63, 3.8) is 0 Å². The number of halogens is 2. The lowest BCUT2D eigenvalue weighted by Crippen LogP contribution is -2.16. The zero-order valence-electron chi connectivity index (χ0n) is 11.6. The summed E-state index contributed by atoms with van der Waals surface area (Å²) in [5.74, 6) is 1.34. The van der Waals surface area contributed by atoms with Crippen molar-refractivity contribution in [3.8, 4) is 5.75 Å².